The Morgan fingerprint density at radius 2 is 2.17 bits per heavy atom. The Hall–Kier alpha value is -0.810. The second kappa shape index (κ2) is 8.32. The number of aliphatic hydroxyl groups is 1. The molecule has 18 heavy (non-hydrogen) atoms. The highest BCUT2D eigenvalue weighted by molar-refractivity contribution is 7.99. The van der Waals surface area contributed by atoms with Gasteiger partial charge in [0.15, 0.2) is 0 Å². The van der Waals surface area contributed by atoms with Crippen molar-refractivity contribution in [2.75, 3.05) is 24.2 Å². The molecule has 1 heterocycles. The number of rotatable bonds is 8. The van der Waals surface area contributed by atoms with Gasteiger partial charge in [0.1, 0.15) is 16.7 Å². The first-order valence-electron chi connectivity index (χ1n) is 6.55. The molecule has 0 radical (unpaired) electrons. The molecule has 1 rings (SSSR count). The average Bonchev–Trinajstić information content (AvgIpc) is 2.36. The molecule has 0 aliphatic heterocycles. The van der Waals surface area contributed by atoms with Gasteiger partial charge in [-0.3, -0.25) is 0 Å². The van der Waals surface area contributed by atoms with E-state index in [0.717, 1.165) is 41.8 Å². The summed E-state index contributed by atoms with van der Waals surface area (Å²) in [5, 5.41) is 13.3. The molecule has 0 saturated carbocycles. The van der Waals surface area contributed by atoms with E-state index >= 15 is 0 Å². The van der Waals surface area contributed by atoms with Crippen LogP contribution in [0.2, 0.25) is 0 Å². The summed E-state index contributed by atoms with van der Waals surface area (Å²) < 4.78 is 0. The van der Waals surface area contributed by atoms with E-state index in [-0.39, 0.29) is 6.61 Å². The van der Waals surface area contributed by atoms with Gasteiger partial charge in [-0.15, -0.1) is 11.8 Å². The van der Waals surface area contributed by atoms with Crippen molar-refractivity contribution < 1.29 is 5.11 Å². The third kappa shape index (κ3) is 5.23. The highest BCUT2D eigenvalue weighted by atomic mass is 32.2. The van der Waals surface area contributed by atoms with Gasteiger partial charge in [0.25, 0.3) is 0 Å². The van der Waals surface area contributed by atoms with E-state index in [0.29, 0.717) is 5.92 Å². The molecule has 1 unspecified atom stereocenters. The number of anilines is 1. The van der Waals surface area contributed by atoms with Crippen LogP contribution in [-0.4, -0.2) is 34.0 Å². The van der Waals surface area contributed by atoms with Gasteiger partial charge < -0.3 is 10.4 Å². The third-order valence-corrected chi connectivity index (χ3v) is 3.65. The second-order valence-electron chi connectivity index (χ2n) is 4.39. The van der Waals surface area contributed by atoms with Crippen LogP contribution in [0, 0.1) is 5.92 Å². The van der Waals surface area contributed by atoms with Crippen molar-refractivity contribution in [1.82, 2.24) is 9.97 Å². The Bertz CT molecular complexity index is 336. The van der Waals surface area contributed by atoms with Crippen LogP contribution in [0.5, 0.6) is 0 Å². The van der Waals surface area contributed by atoms with E-state index in [1.807, 2.05) is 13.0 Å². The Labute approximate surface area is 114 Å². The fourth-order valence-electron chi connectivity index (χ4n) is 1.43. The molecule has 0 saturated heterocycles. The number of nitrogens with one attached hydrogen (secondary N) is 1. The summed E-state index contributed by atoms with van der Waals surface area (Å²) in [6.07, 6.45) is 1.95. The van der Waals surface area contributed by atoms with E-state index in [2.05, 4.69) is 29.1 Å². The maximum atomic E-state index is 9.03. The first kappa shape index (κ1) is 15.2. The molecule has 0 amide bonds. The predicted octanol–water partition coefficient (Wildman–Crippen LogP) is 2.58. The van der Waals surface area contributed by atoms with Crippen LogP contribution in [0.1, 0.15) is 33.0 Å². The summed E-state index contributed by atoms with van der Waals surface area (Å²) in [5.41, 5.74) is 0. The summed E-state index contributed by atoms with van der Waals surface area (Å²) in [7, 11) is 0. The first-order valence-corrected chi connectivity index (χ1v) is 7.53. The SMILES string of the molecule is CCCc1nc(NCC)cc(SCC(C)CO)n1. The minimum atomic E-state index is 0.222. The Morgan fingerprint density at radius 3 is 2.78 bits per heavy atom. The number of thioether (sulfide) groups is 1. The van der Waals surface area contributed by atoms with Crippen LogP contribution in [0.25, 0.3) is 0 Å². The van der Waals surface area contributed by atoms with E-state index in [1.165, 1.54) is 0 Å². The summed E-state index contributed by atoms with van der Waals surface area (Å²) in [4.78, 5) is 9.02. The summed E-state index contributed by atoms with van der Waals surface area (Å²) in [6.45, 7) is 7.30. The molecule has 0 aliphatic rings. The number of aryl methyl sites for hydroxylation is 1. The molecular formula is C13H23N3OS. The van der Waals surface area contributed by atoms with Gasteiger partial charge in [-0.05, 0) is 19.3 Å². The molecule has 0 spiro atoms. The molecule has 1 aromatic heterocycles. The zero-order valence-corrected chi connectivity index (χ0v) is 12.3. The fourth-order valence-corrected chi connectivity index (χ4v) is 2.36. The van der Waals surface area contributed by atoms with Crippen LogP contribution in [0.15, 0.2) is 11.1 Å². The molecule has 1 aromatic rings. The smallest absolute Gasteiger partial charge is 0.132 e. The normalized spacial score (nSPS) is 12.4. The van der Waals surface area contributed by atoms with Crippen LogP contribution < -0.4 is 5.32 Å². The van der Waals surface area contributed by atoms with Crippen molar-refractivity contribution in [3.63, 3.8) is 0 Å². The van der Waals surface area contributed by atoms with E-state index in [9.17, 15) is 0 Å². The van der Waals surface area contributed by atoms with E-state index < -0.39 is 0 Å². The lowest BCUT2D eigenvalue weighted by molar-refractivity contribution is 0.250. The van der Waals surface area contributed by atoms with Gasteiger partial charge in [-0.1, -0.05) is 13.8 Å². The van der Waals surface area contributed by atoms with Crippen LogP contribution in [0.3, 0.4) is 0 Å². The van der Waals surface area contributed by atoms with Crippen molar-refractivity contribution in [3.05, 3.63) is 11.9 Å². The number of nitrogens with zero attached hydrogens (tertiary/aromatic N) is 2. The quantitative estimate of drug-likeness (QED) is 0.561. The summed E-state index contributed by atoms with van der Waals surface area (Å²) in [6, 6.07) is 1.98. The van der Waals surface area contributed by atoms with E-state index in [1.54, 1.807) is 11.8 Å². The van der Waals surface area contributed by atoms with Crippen LogP contribution >= 0.6 is 11.8 Å². The Balaban J connectivity index is 2.75. The molecule has 2 N–H and O–H groups in total. The largest absolute Gasteiger partial charge is 0.396 e. The minimum Gasteiger partial charge on any atom is -0.396 e. The zero-order valence-electron chi connectivity index (χ0n) is 11.4. The lowest BCUT2D eigenvalue weighted by Crippen LogP contribution is -2.06. The van der Waals surface area contributed by atoms with Crippen molar-refractivity contribution in [2.24, 2.45) is 5.92 Å². The van der Waals surface area contributed by atoms with E-state index in [4.69, 9.17) is 5.11 Å². The molecule has 0 bridgehead atoms. The molecule has 5 heteroatoms. The highest BCUT2D eigenvalue weighted by Gasteiger charge is 2.07. The first-order chi connectivity index (χ1) is 8.69. The monoisotopic (exact) mass is 269 g/mol. The number of hydrogen-bond acceptors (Lipinski definition) is 5. The van der Waals surface area contributed by atoms with Crippen molar-refractivity contribution in [1.29, 1.82) is 0 Å². The van der Waals surface area contributed by atoms with Gasteiger partial charge in [0.2, 0.25) is 0 Å². The van der Waals surface area contributed by atoms with Gasteiger partial charge in [0.05, 0.1) is 0 Å². The zero-order chi connectivity index (χ0) is 13.4. The van der Waals surface area contributed by atoms with Crippen molar-refractivity contribution in [3.8, 4) is 0 Å². The number of aliphatic hydroxyl groups excluding tert-OH is 1. The third-order valence-electron chi connectivity index (χ3n) is 2.41. The molecule has 0 fully saturated rings. The average molecular weight is 269 g/mol. The number of hydrogen-bond donors (Lipinski definition) is 2. The Kier molecular flexibility index (Phi) is 7.05. The van der Waals surface area contributed by atoms with Crippen LogP contribution in [-0.2, 0) is 6.42 Å². The molecule has 0 aliphatic carbocycles. The van der Waals surface area contributed by atoms with Crippen molar-refractivity contribution in [2.45, 2.75) is 38.6 Å². The van der Waals surface area contributed by atoms with Gasteiger partial charge in [0, 0.05) is 31.4 Å². The Morgan fingerprint density at radius 1 is 1.39 bits per heavy atom. The second-order valence-corrected chi connectivity index (χ2v) is 5.43. The lowest BCUT2D eigenvalue weighted by atomic mass is 10.2. The van der Waals surface area contributed by atoms with Gasteiger partial charge in [-0.25, -0.2) is 9.97 Å². The fraction of sp³-hybridized carbons (Fsp3) is 0.692. The predicted molar refractivity (Wildman–Crippen MR) is 77.2 cm³/mol. The molecular weight excluding hydrogens is 246 g/mol. The molecule has 102 valence electrons. The molecule has 4 nitrogen and oxygen atoms in total. The standard InChI is InChI=1S/C13H23N3OS/c1-4-6-11-15-12(14-5-2)7-13(16-11)18-9-10(3)8-17/h7,10,17H,4-6,8-9H2,1-3H3,(H,14,15,16). The summed E-state index contributed by atoms with van der Waals surface area (Å²) in [5.74, 6) is 2.97. The molecule has 1 atom stereocenters. The highest BCUT2D eigenvalue weighted by Crippen LogP contribution is 2.21. The van der Waals surface area contributed by atoms with Gasteiger partial charge >= 0.3 is 0 Å². The van der Waals surface area contributed by atoms with Crippen LogP contribution in [0.4, 0.5) is 5.82 Å². The number of aromatic nitrogens is 2. The maximum Gasteiger partial charge on any atom is 0.132 e. The van der Waals surface area contributed by atoms with Crippen molar-refractivity contribution >= 4 is 17.6 Å². The maximum absolute atomic E-state index is 9.03. The van der Waals surface area contributed by atoms with Gasteiger partial charge in [-0.2, -0.15) is 0 Å². The lowest BCUT2D eigenvalue weighted by Gasteiger charge is -2.10. The topological polar surface area (TPSA) is 58.0 Å². The summed E-state index contributed by atoms with van der Waals surface area (Å²) >= 11 is 1.68. The molecule has 0 aromatic carbocycles. The minimum absolute atomic E-state index is 0.222.